The molecule has 3 nitrogen and oxygen atoms in total. The first-order valence-corrected chi connectivity index (χ1v) is 6.65. The summed E-state index contributed by atoms with van der Waals surface area (Å²) in [6.45, 7) is 3.93. The minimum atomic E-state index is -0.218. The molecular weight excluding hydrogens is 262 g/mol. The number of aryl methyl sites for hydroxylation is 2. The van der Waals surface area contributed by atoms with E-state index in [1.165, 1.54) is 0 Å². The Hall–Kier alpha value is -2.73. The van der Waals surface area contributed by atoms with Gasteiger partial charge < -0.3 is 10.1 Å². The highest BCUT2D eigenvalue weighted by Gasteiger charge is 2.06. The summed E-state index contributed by atoms with van der Waals surface area (Å²) in [5, 5.41) is 2.76. The monoisotopic (exact) mass is 279 g/mol. The van der Waals surface area contributed by atoms with Crippen molar-refractivity contribution in [1.29, 1.82) is 0 Å². The predicted molar refractivity (Wildman–Crippen MR) is 84.4 cm³/mol. The molecule has 0 bridgehead atoms. The van der Waals surface area contributed by atoms with Gasteiger partial charge in [-0.3, -0.25) is 4.79 Å². The predicted octanol–water partition coefficient (Wildman–Crippen LogP) is 3.30. The second-order valence-corrected chi connectivity index (χ2v) is 4.83. The van der Waals surface area contributed by atoms with Gasteiger partial charge in [0.2, 0.25) is 0 Å². The summed E-state index contributed by atoms with van der Waals surface area (Å²) in [5.74, 6) is 3.03. The van der Waals surface area contributed by atoms with Crippen LogP contribution < -0.4 is 10.1 Å². The fraction of sp³-hybridized carbons (Fsp3) is 0.167. The fourth-order valence-corrected chi connectivity index (χ4v) is 1.99. The Morgan fingerprint density at radius 3 is 2.76 bits per heavy atom. The van der Waals surface area contributed by atoms with E-state index in [0.29, 0.717) is 11.4 Å². The zero-order chi connectivity index (χ0) is 15.2. The van der Waals surface area contributed by atoms with Gasteiger partial charge in [-0.2, -0.15) is 0 Å². The van der Waals surface area contributed by atoms with Crippen molar-refractivity contribution >= 4 is 11.6 Å². The number of terminal acetylenes is 1. The smallest absolute Gasteiger partial charge is 0.262 e. The first-order chi connectivity index (χ1) is 10.1. The first-order valence-electron chi connectivity index (χ1n) is 6.65. The number of nitrogens with one attached hydrogen (secondary N) is 1. The third-order valence-corrected chi connectivity index (χ3v) is 3.00. The second kappa shape index (κ2) is 6.62. The number of ether oxygens (including phenoxy) is 1. The lowest BCUT2D eigenvalue weighted by Crippen LogP contribution is -2.20. The van der Waals surface area contributed by atoms with Gasteiger partial charge in [0.25, 0.3) is 5.91 Å². The molecule has 0 unspecified atom stereocenters. The number of benzene rings is 2. The number of rotatable bonds is 4. The Labute approximate surface area is 125 Å². The highest BCUT2D eigenvalue weighted by molar-refractivity contribution is 5.92. The van der Waals surface area contributed by atoms with E-state index < -0.39 is 0 Å². The van der Waals surface area contributed by atoms with Gasteiger partial charge in [-0.05, 0) is 43.7 Å². The summed E-state index contributed by atoms with van der Waals surface area (Å²) in [4.78, 5) is 11.9. The highest BCUT2D eigenvalue weighted by atomic mass is 16.5. The SMILES string of the molecule is C#Cc1cccc(NC(=O)COc2ccc(C)cc2C)c1. The van der Waals surface area contributed by atoms with Crippen LogP contribution in [-0.2, 0) is 4.79 Å². The summed E-state index contributed by atoms with van der Waals surface area (Å²) in [5.41, 5.74) is 3.57. The van der Waals surface area contributed by atoms with Crippen molar-refractivity contribution in [2.75, 3.05) is 11.9 Å². The molecule has 2 rings (SSSR count). The first kappa shape index (κ1) is 14.7. The lowest BCUT2D eigenvalue weighted by Gasteiger charge is -2.10. The Bertz CT molecular complexity index is 699. The number of anilines is 1. The average Bonchev–Trinajstić information content (AvgIpc) is 2.46. The molecule has 21 heavy (non-hydrogen) atoms. The van der Waals surface area contributed by atoms with Gasteiger partial charge in [0.05, 0.1) is 0 Å². The van der Waals surface area contributed by atoms with Gasteiger partial charge >= 0.3 is 0 Å². The fourth-order valence-electron chi connectivity index (χ4n) is 1.99. The second-order valence-electron chi connectivity index (χ2n) is 4.83. The Balaban J connectivity index is 1.94. The molecule has 0 radical (unpaired) electrons. The third kappa shape index (κ3) is 4.12. The average molecular weight is 279 g/mol. The minimum absolute atomic E-state index is 0.0375. The molecule has 0 atom stereocenters. The zero-order valence-corrected chi connectivity index (χ0v) is 12.1. The molecule has 0 fully saturated rings. The van der Waals surface area contributed by atoms with Crippen LogP contribution in [0.25, 0.3) is 0 Å². The molecule has 0 spiro atoms. The molecule has 3 heteroatoms. The molecule has 0 heterocycles. The number of amides is 1. The van der Waals surface area contributed by atoms with E-state index in [2.05, 4.69) is 11.2 Å². The van der Waals surface area contributed by atoms with Crippen molar-refractivity contribution in [3.63, 3.8) is 0 Å². The number of carbonyl (C=O) groups excluding carboxylic acids is 1. The molecule has 0 saturated carbocycles. The normalized spacial score (nSPS) is 9.76. The van der Waals surface area contributed by atoms with E-state index in [4.69, 9.17) is 11.2 Å². The molecule has 0 aliphatic carbocycles. The summed E-state index contributed by atoms with van der Waals surface area (Å²) in [6.07, 6.45) is 5.33. The van der Waals surface area contributed by atoms with Gasteiger partial charge in [-0.15, -0.1) is 6.42 Å². The maximum atomic E-state index is 11.9. The van der Waals surface area contributed by atoms with Crippen molar-refractivity contribution in [1.82, 2.24) is 0 Å². The molecule has 2 aromatic rings. The molecule has 1 N–H and O–H groups in total. The van der Waals surface area contributed by atoms with Gasteiger partial charge in [-0.1, -0.05) is 29.7 Å². The van der Waals surface area contributed by atoms with Crippen LogP contribution in [0, 0.1) is 26.2 Å². The molecular formula is C18H17NO2. The summed E-state index contributed by atoms with van der Waals surface area (Å²) < 4.78 is 5.53. The van der Waals surface area contributed by atoms with Crippen LogP contribution in [0.3, 0.4) is 0 Å². The van der Waals surface area contributed by atoms with Crippen molar-refractivity contribution in [3.8, 4) is 18.1 Å². The van der Waals surface area contributed by atoms with Crippen LogP contribution in [-0.4, -0.2) is 12.5 Å². The summed E-state index contributed by atoms with van der Waals surface area (Å²) in [6, 6.07) is 13.0. The molecule has 0 aliphatic heterocycles. The van der Waals surface area contributed by atoms with Gasteiger partial charge in [0, 0.05) is 11.3 Å². The molecule has 1 amide bonds. The van der Waals surface area contributed by atoms with E-state index in [0.717, 1.165) is 16.7 Å². The summed E-state index contributed by atoms with van der Waals surface area (Å²) >= 11 is 0. The number of carbonyl (C=O) groups is 1. The van der Waals surface area contributed by atoms with Crippen molar-refractivity contribution in [2.24, 2.45) is 0 Å². The quantitative estimate of drug-likeness (QED) is 0.872. The standard InChI is InChI=1S/C18H17NO2/c1-4-15-6-5-7-16(11-15)19-18(20)12-21-17-9-8-13(2)10-14(17)3/h1,5-11H,12H2,2-3H3,(H,19,20). The van der Waals surface area contributed by atoms with Gasteiger partial charge in [-0.25, -0.2) is 0 Å². The number of hydrogen-bond donors (Lipinski definition) is 1. The Kier molecular flexibility index (Phi) is 4.63. The van der Waals surface area contributed by atoms with E-state index in [-0.39, 0.29) is 12.5 Å². The van der Waals surface area contributed by atoms with Crippen LogP contribution in [0.1, 0.15) is 16.7 Å². The third-order valence-electron chi connectivity index (χ3n) is 3.00. The van der Waals surface area contributed by atoms with Crippen LogP contribution in [0.15, 0.2) is 42.5 Å². The highest BCUT2D eigenvalue weighted by Crippen LogP contribution is 2.18. The van der Waals surface area contributed by atoms with Crippen LogP contribution in [0.2, 0.25) is 0 Å². The molecule has 0 aliphatic rings. The van der Waals surface area contributed by atoms with E-state index >= 15 is 0 Å². The zero-order valence-electron chi connectivity index (χ0n) is 12.1. The largest absolute Gasteiger partial charge is 0.483 e. The summed E-state index contributed by atoms with van der Waals surface area (Å²) in [7, 11) is 0. The number of hydrogen-bond acceptors (Lipinski definition) is 2. The topological polar surface area (TPSA) is 38.3 Å². The van der Waals surface area contributed by atoms with Crippen LogP contribution >= 0.6 is 0 Å². The molecule has 0 aromatic heterocycles. The van der Waals surface area contributed by atoms with E-state index in [1.807, 2.05) is 38.1 Å². The van der Waals surface area contributed by atoms with Crippen LogP contribution in [0.5, 0.6) is 5.75 Å². The lowest BCUT2D eigenvalue weighted by atomic mass is 10.1. The van der Waals surface area contributed by atoms with Crippen molar-refractivity contribution in [3.05, 3.63) is 59.2 Å². The molecule has 0 saturated heterocycles. The molecule has 106 valence electrons. The van der Waals surface area contributed by atoms with Crippen molar-refractivity contribution in [2.45, 2.75) is 13.8 Å². The van der Waals surface area contributed by atoms with E-state index in [9.17, 15) is 4.79 Å². The Morgan fingerprint density at radius 1 is 1.24 bits per heavy atom. The minimum Gasteiger partial charge on any atom is -0.483 e. The van der Waals surface area contributed by atoms with Gasteiger partial charge in [0.15, 0.2) is 6.61 Å². The van der Waals surface area contributed by atoms with Crippen molar-refractivity contribution < 1.29 is 9.53 Å². The van der Waals surface area contributed by atoms with Gasteiger partial charge in [0.1, 0.15) is 5.75 Å². The van der Waals surface area contributed by atoms with Crippen LogP contribution in [0.4, 0.5) is 5.69 Å². The maximum Gasteiger partial charge on any atom is 0.262 e. The Morgan fingerprint density at radius 2 is 2.05 bits per heavy atom. The lowest BCUT2D eigenvalue weighted by molar-refractivity contribution is -0.118. The maximum absolute atomic E-state index is 11.9. The molecule has 2 aromatic carbocycles. The van der Waals surface area contributed by atoms with E-state index in [1.54, 1.807) is 18.2 Å².